The molecule has 1 aromatic carbocycles. The molecule has 0 radical (unpaired) electrons. The molecule has 3 N–H and O–H groups in total. The fourth-order valence-electron chi connectivity index (χ4n) is 5.10. The fourth-order valence-corrected chi connectivity index (χ4v) is 5.10. The summed E-state index contributed by atoms with van der Waals surface area (Å²) in [4.78, 5) is 28.1. The van der Waals surface area contributed by atoms with Gasteiger partial charge < -0.3 is 24.9 Å². The normalized spacial score (nSPS) is 19.4. The molecule has 0 saturated heterocycles. The lowest BCUT2D eigenvalue weighted by Gasteiger charge is -2.45. The Bertz CT molecular complexity index is 1490. The number of hydrogen-bond donors (Lipinski definition) is 3. The highest BCUT2D eigenvalue weighted by Gasteiger charge is 2.41. The number of alkyl halides is 2. The molecule has 3 heterocycles. The number of fused-ring (bicyclic) bond motifs is 2. The van der Waals surface area contributed by atoms with E-state index in [0.717, 1.165) is 12.8 Å². The maximum absolute atomic E-state index is 15.0. The molecule has 5 rings (SSSR count). The van der Waals surface area contributed by atoms with E-state index < -0.39 is 18.8 Å². The number of hydrogen-bond acceptors (Lipinski definition) is 6. The van der Waals surface area contributed by atoms with E-state index in [1.165, 1.54) is 17.7 Å². The first-order valence-electron chi connectivity index (χ1n) is 12.1. The summed E-state index contributed by atoms with van der Waals surface area (Å²) < 4.78 is 48.2. The number of aromatic nitrogens is 5. The zero-order valence-electron chi connectivity index (χ0n) is 21.0. The largest absolute Gasteiger partial charge is 0.480 e. The summed E-state index contributed by atoms with van der Waals surface area (Å²) >= 11 is 0. The number of anilines is 1. The van der Waals surface area contributed by atoms with Gasteiger partial charge in [-0.2, -0.15) is 9.97 Å². The van der Waals surface area contributed by atoms with Gasteiger partial charge in [0.25, 0.3) is 6.43 Å². The number of nitrogens with one attached hydrogen (secondary N) is 3. The van der Waals surface area contributed by atoms with Crippen molar-refractivity contribution in [1.29, 1.82) is 0 Å². The number of rotatable bonds is 8. The lowest BCUT2D eigenvalue weighted by molar-refractivity contribution is -0.123. The number of amides is 1. The molecule has 9 nitrogen and oxygen atoms in total. The number of nitrogens with zero attached hydrogens (tertiary/aromatic N) is 4. The molecule has 3 aromatic heterocycles. The van der Waals surface area contributed by atoms with E-state index in [-0.39, 0.29) is 34.4 Å². The highest BCUT2D eigenvalue weighted by atomic mass is 19.3. The molecule has 1 amide bonds. The maximum atomic E-state index is 15.0. The summed E-state index contributed by atoms with van der Waals surface area (Å²) in [5, 5.41) is 6.86. The van der Waals surface area contributed by atoms with Crippen molar-refractivity contribution in [2.45, 2.75) is 64.6 Å². The van der Waals surface area contributed by atoms with Crippen molar-refractivity contribution in [2.24, 2.45) is 0 Å². The summed E-state index contributed by atoms with van der Waals surface area (Å²) in [7, 11) is 1.48. The Morgan fingerprint density at radius 1 is 1.30 bits per heavy atom. The van der Waals surface area contributed by atoms with Crippen LogP contribution in [0.1, 0.15) is 38.9 Å². The maximum Gasteiger partial charge on any atom is 0.256 e. The highest BCUT2D eigenvalue weighted by molar-refractivity contribution is 5.99. The zero-order valence-corrected chi connectivity index (χ0v) is 21.0. The molecule has 0 bridgehead atoms. The van der Waals surface area contributed by atoms with E-state index in [1.807, 2.05) is 13.8 Å². The van der Waals surface area contributed by atoms with Crippen LogP contribution in [0.5, 0.6) is 5.88 Å². The van der Waals surface area contributed by atoms with Crippen LogP contribution in [0, 0.1) is 12.7 Å². The van der Waals surface area contributed by atoms with Crippen LogP contribution in [0.15, 0.2) is 18.3 Å². The van der Waals surface area contributed by atoms with Crippen LogP contribution in [0.2, 0.25) is 0 Å². The second-order valence-corrected chi connectivity index (χ2v) is 9.68. The van der Waals surface area contributed by atoms with Gasteiger partial charge >= 0.3 is 0 Å². The van der Waals surface area contributed by atoms with E-state index >= 15 is 0 Å². The number of halogens is 3. The average molecular weight is 516 g/mol. The van der Waals surface area contributed by atoms with Crippen LogP contribution in [0.4, 0.5) is 19.1 Å². The van der Waals surface area contributed by atoms with Gasteiger partial charge in [0, 0.05) is 29.8 Å². The number of carbonyl (C=O) groups is 1. The molecule has 0 spiro atoms. The van der Waals surface area contributed by atoms with Gasteiger partial charge in [-0.3, -0.25) is 4.79 Å². The van der Waals surface area contributed by atoms with E-state index in [2.05, 4.69) is 30.6 Å². The van der Waals surface area contributed by atoms with Crippen LogP contribution in [0.25, 0.3) is 33.2 Å². The number of imidazole rings is 1. The van der Waals surface area contributed by atoms with Crippen LogP contribution in [-0.2, 0) is 11.3 Å². The lowest BCUT2D eigenvalue weighted by atomic mass is 9.74. The fraction of sp³-hybridized carbons (Fsp3) is 0.440. The molecule has 1 saturated carbocycles. The molecule has 12 heteroatoms. The molecule has 37 heavy (non-hydrogen) atoms. The Labute approximate surface area is 210 Å². The van der Waals surface area contributed by atoms with E-state index in [9.17, 15) is 18.0 Å². The summed E-state index contributed by atoms with van der Waals surface area (Å²) in [6.07, 6.45) is 0.942. The Hall–Kier alpha value is -3.83. The van der Waals surface area contributed by atoms with Crippen molar-refractivity contribution < 1.29 is 22.7 Å². The lowest BCUT2D eigenvalue weighted by Crippen LogP contribution is -2.59. The third-order valence-corrected chi connectivity index (χ3v) is 6.81. The molecule has 1 fully saturated rings. The van der Waals surface area contributed by atoms with Crippen LogP contribution < -0.4 is 15.4 Å². The number of aromatic amines is 1. The first kappa shape index (κ1) is 24.8. The Morgan fingerprint density at radius 3 is 2.73 bits per heavy atom. The number of carbonyl (C=O) groups excluding carboxylic acids is 1. The molecule has 1 aliphatic rings. The molecule has 1 aliphatic carbocycles. The second-order valence-electron chi connectivity index (χ2n) is 9.68. The number of aryl methyl sites for hydroxylation is 1. The monoisotopic (exact) mass is 515 g/mol. The van der Waals surface area contributed by atoms with Gasteiger partial charge in [0.05, 0.1) is 24.6 Å². The van der Waals surface area contributed by atoms with Crippen LogP contribution in [0.3, 0.4) is 0 Å². The summed E-state index contributed by atoms with van der Waals surface area (Å²) in [6, 6.07) is 3.03. The quantitative estimate of drug-likeness (QED) is 0.318. The standard InChI is InChI=1S/C25H28F3N7O2/c1-5-19(36)34-25(3)8-14(9-25)31-24-32-22-20(23(33-24)37-4)15(10-29-22)13-6-16(26)21-17(7-13)35(11-18(27)28)12(2)30-21/h6-7,10,14,18H,5,8-9,11H2,1-4H3,(H,34,36)(H2,29,31,32,33)/t14-,25-. The third-order valence-electron chi connectivity index (χ3n) is 6.81. The van der Waals surface area contributed by atoms with Gasteiger partial charge in [-0.05, 0) is 44.4 Å². The number of ether oxygens (including phenoxy) is 1. The minimum atomic E-state index is -2.60. The van der Waals surface area contributed by atoms with Crippen molar-refractivity contribution in [3.63, 3.8) is 0 Å². The molecule has 0 atom stereocenters. The predicted octanol–water partition coefficient (Wildman–Crippen LogP) is 4.56. The van der Waals surface area contributed by atoms with Gasteiger partial charge in [-0.15, -0.1) is 0 Å². The molecule has 196 valence electrons. The third kappa shape index (κ3) is 4.56. The SMILES string of the molecule is CCC(=O)N[C@]1(C)C[C@@H](Nc2nc(OC)c3c(-c4cc(F)c5nc(C)n(CC(F)F)c5c4)c[nH]c3n2)C1. The predicted molar refractivity (Wildman–Crippen MR) is 133 cm³/mol. The Morgan fingerprint density at radius 2 is 2.05 bits per heavy atom. The first-order chi connectivity index (χ1) is 17.6. The van der Waals surface area contributed by atoms with Crippen LogP contribution >= 0.6 is 0 Å². The van der Waals surface area contributed by atoms with Crippen molar-refractivity contribution in [1.82, 2.24) is 29.8 Å². The van der Waals surface area contributed by atoms with Gasteiger partial charge in [0.1, 0.15) is 17.0 Å². The van der Waals surface area contributed by atoms with E-state index in [1.54, 1.807) is 19.2 Å². The minimum absolute atomic E-state index is 0.0150. The van der Waals surface area contributed by atoms with Crippen molar-refractivity contribution >= 4 is 33.9 Å². The average Bonchev–Trinajstić information content (AvgIpc) is 3.38. The first-order valence-corrected chi connectivity index (χ1v) is 12.1. The van der Waals surface area contributed by atoms with Gasteiger partial charge in [0.15, 0.2) is 5.82 Å². The Kier molecular flexibility index (Phi) is 6.20. The van der Waals surface area contributed by atoms with Gasteiger partial charge in [0.2, 0.25) is 17.7 Å². The molecule has 4 aromatic rings. The Balaban J connectivity index is 1.47. The number of H-pyrrole nitrogens is 1. The van der Waals surface area contributed by atoms with E-state index in [0.29, 0.717) is 40.4 Å². The smallest absolute Gasteiger partial charge is 0.256 e. The zero-order chi connectivity index (χ0) is 26.5. The van der Waals surface area contributed by atoms with E-state index in [4.69, 9.17) is 4.74 Å². The summed E-state index contributed by atoms with van der Waals surface area (Å²) in [5.41, 5.74) is 1.55. The van der Waals surface area contributed by atoms with Crippen molar-refractivity contribution in [3.8, 4) is 17.0 Å². The highest BCUT2D eigenvalue weighted by Crippen LogP contribution is 2.38. The second kappa shape index (κ2) is 9.24. The molecule has 0 aliphatic heterocycles. The summed E-state index contributed by atoms with van der Waals surface area (Å²) in [6.45, 7) is 4.81. The number of benzene rings is 1. The van der Waals surface area contributed by atoms with Crippen LogP contribution in [-0.4, -0.2) is 55.5 Å². The minimum Gasteiger partial charge on any atom is -0.480 e. The number of methoxy groups -OCH3 is 1. The van der Waals surface area contributed by atoms with Gasteiger partial charge in [-0.25, -0.2) is 18.2 Å². The van der Waals surface area contributed by atoms with Crippen molar-refractivity contribution in [3.05, 3.63) is 30.0 Å². The topological polar surface area (TPSA) is 110 Å². The van der Waals surface area contributed by atoms with Gasteiger partial charge in [-0.1, -0.05) is 6.92 Å². The van der Waals surface area contributed by atoms with Crippen molar-refractivity contribution in [2.75, 3.05) is 12.4 Å². The molecular weight excluding hydrogens is 487 g/mol. The molecule has 0 unspecified atom stereocenters. The summed E-state index contributed by atoms with van der Waals surface area (Å²) in [5.74, 6) is 0.352. The molecular formula is C25H28F3N7O2.